The van der Waals surface area contributed by atoms with Crippen LogP contribution in [0.4, 0.5) is 30.4 Å². The van der Waals surface area contributed by atoms with Crippen molar-refractivity contribution < 1.29 is 46.6 Å². The highest BCUT2D eigenvalue weighted by Gasteiger charge is 2.46. The van der Waals surface area contributed by atoms with E-state index in [1.807, 2.05) is 0 Å². The van der Waals surface area contributed by atoms with Crippen molar-refractivity contribution in [2.24, 2.45) is 5.41 Å². The number of ether oxygens (including phenoxy) is 2. The number of benzene rings is 3. The van der Waals surface area contributed by atoms with E-state index in [0.29, 0.717) is 77.8 Å². The van der Waals surface area contributed by atoms with E-state index in [1.54, 1.807) is 56.1 Å². The monoisotopic (exact) mass is 872 g/mol. The quantitative estimate of drug-likeness (QED) is 0.0464. The number of amides is 5. The maximum Gasteiger partial charge on any atom is 0.416 e. The zero-order valence-corrected chi connectivity index (χ0v) is 35.6. The second kappa shape index (κ2) is 18.1. The lowest BCUT2D eigenvalue weighted by Gasteiger charge is -2.27. The lowest BCUT2D eigenvalue weighted by Crippen LogP contribution is -2.54. The molecule has 2 fully saturated rings. The van der Waals surface area contributed by atoms with Crippen LogP contribution in [0.15, 0.2) is 48.5 Å². The van der Waals surface area contributed by atoms with Gasteiger partial charge in [0.05, 0.1) is 42.0 Å². The number of hydrogen-bond acceptors (Lipinski definition) is 12. The van der Waals surface area contributed by atoms with Gasteiger partial charge in [0.15, 0.2) is 11.5 Å². The lowest BCUT2D eigenvalue weighted by atomic mass is 10.0. The van der Waals surface area contributed by atoms with Gasteiger partial charge in [0.1, 0.15) is 17.7 Å². The number of fused-ring (bicyclic) bond motifs is 2. The molecule has 63 heavy (non-hydrogen) atoms. The molecule has 1 saturated carbocycles. The minimum absolute atomic E-state index is 0.00170. The largest absolute Gasteiger partial charge is 0.493 e. The summed E-state index contributed by atoms with van der Waals surface area (Å²) in [5, 5.41) is 9.29. The standard InChI is InChI=1S/C45H51F3N8O7/c1-25(27-18-28(45(46,47)48)20-29(49)19-27)51-40-31-21-36(35(62-4)22-33(31)52-26(2)53-40)63-24-44(15-16-44)23-55(3)38(58)12-7-5-6-8-17-50-32-11-9-10-30-39(32)43(61)56(42(30)60)34-13-14-37(57)54-41(34)59/h9-11,18-22,25,34,50H,5-8,12-17,23-24,49H2,1-4H3,(H,51,52,53)(H,54,57,59). The molecule has 15 nitrogen and oxygen atoms in total. The maximum absolute atomic E-state index is 13.6. The molecule has 18 heteroatoms. The Morgan fingerprint density at radius 3 is 2.51 bits per heavy atom. The third kappa shape index (κ3) is 9.94. The minimum atomic E-state index is -4.55. The molecule has 2 atom stereocenters. The summed E-state index contributed by atoms with van der Waals surface area (Å²) in [6, 6.07) is 10.3. The Bertz CT molecular complexity index is 2460. The number of nitrogens with zero attached hydrogens (tertiary/aromatic N) is 4. The fourth-order valence-electron chi connectivity index (χ4n) is 8.19. The summed E-state index contributed by atoms with van der Waals surface area (Å²) in [7, 11) is 3.32. The minimum Gasteiger partial charge on any atom is -0.493 e. The van der Waals surface area contributed by atoms with Crippen LogP contribution < -0.4 is 31.2 Å². The Hall–Kier alpha value is -6.46. The smallest absolute Gasteiger partial charge is 0.416 e. The van der Waals surface area contributed by atoms with Crippen molar-refractivity contribution in [3.8, 4) is 11.5 Å². The molecule has 334 valence electrons. The maximum atomic E-state index is 13.6. The van der Waals surface area contributed by atoms with Crippen LogP contribution in [-0.2, 0) is 20.6 Å². The first-order chi connectivity index (χ1) is 30.0. The van der Waals surface area contributed by atoms with Crippen LogP contribution in [-0.4, -0.2) is 89.2 Å². The Morgan fingerprint density at radius 2 is 1.79 bits per heavy atom. The normalized spacial score (nSPS) is 17.3. The van der Waals surface area contributed by atoms with E-state index in [-0.39, 0.29) is 41.0 Å². The SMILES string of the molecule is COc1cc2nc(C)nc(NC(C)c3cc(N)cc(C(F)(F)F)c3)c2cc1OCC1(CN(C)C(=O)CCCCCCNc2cccc3c2C(=O)N(C2CCC(=O)NC2=O)C3=O)CC1. The molecule has 3 aromatic carbocycles. The zero-order valence-electron chi connectivity index (χ0n) is 35.6. The van der Waals surface area contributed by atoms with Gasteiger partial charge in [0.25, 0.3) is 11.8 Å². The number of aryl methyl sites for hydroxylation is 1. The number of piperidine rings is 1. The van der Waals surface area contributed by atoms with Gasteiger partial charge in [0, 0.05) is 61.2 Å². The predicted molar refractivity (Wildman–Crippen MR) is 228 cm³/mol. The molecule has 1 aromatic heterocycles. The molecule has 0 bridgehead atoms. The van der Waals surface area contributed by atoms with E-state index in [9.17, 15) is 37.1 Å². The van der Waals surface area contributed by atoms with Crippen molar-refractivity contribution in [3.05, 3.63) is 76.6 Å². The second-order valence-electron chi connectivity index (χ2n) is 16.7. The molecule has 2 aliphatic heterocycles. The number of hydrogen-bond donors (Lipinski definition) is 4. The van der Waals surface area contributed by atoms with Gasteiger partial charge in [-0.1, -0.05) is 18.9 Å². The second-order valence-corrected chi connectivity index (χ2v) is 16.7. The number of nitrogens with one attached hydrogen (secondary N) is 3. The van der Waals surface area contributed by atoms with E-state index in [4.69, 9.17) is 15.2 Å². The number of carbonyl (C=O) groups excluding carboxylic acids is 5. The van der Waals surface area contributed by atoms with Gasteiger partial charge in [0.2, 0.25) is 17.7 Å². The van der Waals surface area contributed by atoms with Crippen molar-refractivity contribution in [2.45, 2.75) is 89.9 Å². The van der Waals surface area contributed by atoms with E-state index < -0.39 is 47.5 Å². The fourth-order valence-corrected chi connectivity index (χ4v) is 8.19. The molecule has 3 aliphatic rings. The number of methoxy groups -OCH3 is 1. The number of nitrogen functional groups attached to an aromatic ring is 1. The van der Waals surface area contributed by atoms with Crippen molar-refractivity contribution in [1.29, 1.82) is 0 Å². The van der Waals surface area contributed by atoms with Gasteiger partial charge in [-0.05, 0) is 87.9 Å². The Balaban J connectivity index is 0.882. The van der Waals surface area contributed by atoms with Gasteiger partial charge in [-0.15, -0.1) is 0 Å². The van der Waals surface area contributed by atoms with Crippen LogP contribution in [0.5, 0.6) is 11.5 Å². The van der Waals surface area contributed by atoms with Crippen LogP contribution in [0.1, 0.15) is 108 Å². The molecular weight excluding hydrogens is 822 g/mol. The highest BCUT2D eigenvalue weighted by atomic mass is 19.4. The number of imide groups is 2. The van der Waals surface area contributed by atoms with Gasteiger partial charge in [-0.25, -0.2) is 9.97 Å². The number of rotatable bonds is 18. The zero-order chi connectivity index (χ0) is 45.2. The average Bonchev–Trinajstić information content (AvgIpc) is 3.95. The molecular formula is C45H51F3N8O7. The summed E-state index contributed by atoms with van der Waals surface area (Å²) in [6.45, 7) is 4.82. The first kappa shape index (κ1) is 44.6. The Kier molecular flexibility index (Phi) is 12.8. The summed E-state index contributed by atoms with van der Waals surface area (Å²) in [5.41, 5.74) is 6.61. The van der Waals surface area contributed by atoms with Crippen LogP contribution in [0, 0.1) is 12.3 Å². The molecule has 0 radical (unpaired) electrons. The number of anilines is 3. The lowest BCUT2D eigenvalue weighted by molar-refractivity contribution is -0.138. The number of aromatic nitrogens is 2. The summed E-state index contributed by atoms with van der Waals surface area (Å²) >= 11 is 0. The van der Waals surface area contributed by atoms with Crippen molar-refractivity contribution in [2.75, 3.05) is 50.2 Å². The van der Waals surface area contributed by atoms with Gasteiger partial charge < -0.3 is 30.7 Å². The average molecular weight is 873 g/mol. The number of carbonyl (C=O) groups is 5. The molecule has 7 rings (SSSR count). The third-order valence-corrected chi connectivity index (χ3v) is 11.8. The molecule has 2 unspecified atom stereocenters. The number of halogens is 3. The van der Waals surface area contributed by atoms with E-state index in [1.165, 1.54) is 13.2 Å². The highest BCUT2D eigenvalue weighted by Crippen LogP contribution is 2.47. The molecule has 5 N–H and O–H groups in total. The number of nitrogens with two attached hydrogens (primary N) is 1. The van der Waals surface area contributed by atoms with Crippen LogP contribution >= 0.6 is 0 Å². The predicted octanol–water partition coefficient (Wildman–Crippen LogP) is 6.80. The Labute approximate surface area is 362 Å². The van der Waals surface area contributed by atoms with Crippen LogP contribution in [0.25, 0.3) is 10.9 Å². The van der Waals surface area contributed by atoms with E-state index in [0.717, 1.165) is 49.1 Å². The summed E-state index contributed by atoms with van der Waals surface area (Å²) in [4.78, 5) is 75.5. The number of alkyl halides is 3. The molecule has 4 aromatic rings. The first-order valence-corrected chi connectivity index (χ1v) is 21.0. The molecule has 5 amide bonds. The van der Waals surface area contributed by atoms with E-state index >= 15 is 0 Å². The molecule has 3 heterocycles. The first-order valence-electron chi connectivity index (χ1n) is 21.0. The van der Waals surface area contributed by atoms with Gasteiger partial charge >= 0.3 is 6.18 Å². The fraction of sp³-hybridized carbons (Fsp3) is 0.444. The third-order valence-electron chi connectivity index (χ3n) is 11.8. The molecule has 1 aliphatic carbocycles. The van der Waals surface area contributed by atoms with Crippen LogP contribution in [0.2, 0.25) is 0 Å². The van der Waals surface area contributed by atoms with E-state index in [2.05, 4.69) is 25.9 Å². The van der Waals surface area contributed by atoms with Crippen molar-refractivity contribution in [3.63, 3.8) is 0 Å². The van der Waals surface area contributed by atoms with Crippen molar-refractivity contribution in [1.82, 2.24) is 25.1 Å². The summed E-state index contributed by atoms with van der Waals surface area (Å²) in [5.74, 6) is -0.415. The van der Waals surface area contributed by atoms with Gasteiger partial charge in [-0.2, -0.15) is 13.2 Å². The van der Waals surface area contributed by atoms with Gasteiger partial charge in [-0.3, -0.25) is 34.2 Å². The Morgan fingerprint density at radius 1 is 1.03 bits per heavy atom. The summed E-state index contributed by atoms with van der Waals surface area (Å²) < 4.78 is 52.7. The number of unbranched alkanes of at least 4 members (excludes halogenated alkanes) is 3. The highest BCUT2D eigenvalue weighted by molar-refractivity contribution is 6.25. The molecule has 0 spiro atoms. The summed E-state index contributed by atoms with van der Waals surface area (Å²) in [6.07, 6.45) is 0.835. The molecule has 1 saturated heterocycles. The topological polar surface area (TPSA) is 198 Å². The van der Waals surface area contributed by atoms with Crippen molar-refractivity contribution >= 4 is 57.6 Å². The van der Waals surface area contributed by atoms with Crippen LogP contribution in [0.3, 0.4) is 0 Å².